The van der Waals surface area contributed by atoms with Crippen molar-refractivity contribution in [1.29, 1.82) is 5.26 Å². The summed E-state index contributed by atoms with van der Waals surface area (Å²) in [5, 5.41) is 8.20. The molecule has 3 heteroatoms. The van der Waals surface area contributed by atoms with Gasteiger partial charge in [-0.3, -0.25) is 4.79 Å². The molecule has 0 radical (unpaired) electrons. The van der Waals surface area contributed by atoms with E-state index in [1.165, 1.54) is 4.90 Å². The van der Waals surface area contributed by atoms with E-state index in [4.69, 9.17) is 11.7 Å². The number of terminal acetylenes is 1. The first-order chi connectivity index (χ1) is 4.76. The van der Waals surface area contributed by atoms with E-state index in [-0.39, 0.29) is 6.54 Å². The Bertz CT molecular complexity index is 197. The van der Waals surface area contributed by atoms with Crippen LogP contribution in [0.25, 0.3) is 0 Å². The van der Waals surface area contributed by atoms with Crippen LogP contribution in [0.15, 0.2) is 0 Å². The Kier molecular flexibility index (Phi) is 3.75. The number of nitrogens with zero attached hydrogens (tertiary/aromatic N) is 2. The Morgan fingerprint density at radius 2 is 2.40 bits per heavy atom. The van der Waals surface area contributed by atoms with Crippen LogP contribution in [0.3, 0.4) is 0 Å². The molecule has 0 fully saturated rings. The SMILES string of the molecule is C#CC(=O)N(CC)CC#N. The summed E-state index contributed by atoms with van der Waals surface area (Å²) in [4.78, 5) is 12.0. The lowest BCUT2D eigenvalue weighted by molar-refractivity contribution is -0.124. The first kappa shape index (κ1) is 8.52. The minimum Gasteiger partial charge on any atom is -0.319 e. The van der Waals surface area contributed by atoms with Crippen LogP contribution in [0.1, 0.15) is 6.92 Å². The minimum absolute atomic E-state index is 0.0690. The van der Waals surface area contributed by atoms with Crippen LogP contribution in [0.2, 0.25) is 0 Å². The van der Waals surface area contributed by atoms with Gasteiger partial charge in [0.25, 0.3) is 5.91 Å². The highest BCUT2D eigenvalue weighted by molar-refractivity contribution is 5.92. The Labute approximate surface area is 60.2 Å². The van der Waals surface area contributed by atoms with Crippen LogP contribution >= 0.6 is 0 Å². The van der Waals surface area contributed by atoms with E-state index in [9.17, 15) is 4.79 Å². The maximum atomic E-state index is 10.7. The molecule has 10 heavy (non-hydrogen) atoms. The second-order valence-electron chi connectivity index (χ2n) is 1.62. The Hall–Kier alpha value is -1.48. The molecule has 0 aromatic carbocycles. The fraction of sp³-hybridized carbons (Fsp3) is 0.429. The van der Waals surface area contributed by atoms with Crippen molar-refractivity contribution in [3.8, 4) is 18.4 Å². The summed E-state index contributed by atoms with van der Waals surface area (Å²) < 4.78 is 0. The number of hydrogen-bond acceptors (Lipinski definition) is 2. The normalized spacial score (nSPS) is 7.50. The van der Waals surface area contributed by atoms with Crippen LogP contribution < -0.4 is 0 Å². The van der Waals surface area contributed by atoms with Gasteiger partial charge in [-0.05, 0) is 12.8 Å². The third-order valence-corrected chi connectivity index (χ3v) is 1.05. The summed E-state index contributed by atoms with van der Waals surface area (Å²) in [6.07, 6.45) is 4.83. The monoisotopic (exact) mass is 136 g/mol. The summed E-state index contributed by atoms with van der Waals surface area (Å²) in [5.74, 6) is 1.51. The third-order valence-electron chi connectivity index (χ3n) is 1.05. The van der Waals surface area contributed by atoms with Gasteiger partial charge in [-0.25, -0.2) is 0 Å². The topological polar surface area (TPSA) is 44.1 Å². The first-order valence-electron chi connectivity index (χ1n) is 2.88. The van der Waals surface area contributed by atoms with Crippen molar-refractivity contribution in [2.45, 2.75) is 6.92 Å². The lowest BCUT2D eigenvalue weighted by Gasteiger charge is -2.11. The van der Waals surface area contributed by atoms with Gasteiger partial charge in [0.2, 0.25) is 0 Å². The van der Waals surface area contributed by atoms with Crippen LogP contribution in [0.5, 0.6) is 0 Å². The van der Waals surface area contributed by atoms with Gasteiger partial charge in [0, 0.05) is 6.54 Å². The van der Waals surface area contributed by atoms with Crippen LogP contribution in [0, 0.1) is 23.7 Å². The molecule has 1 amide bonds. The van der Waals surface area contributed by atoms with Crippen LogP contribution in [-0.2, 0) is 4.79 Å². The van der Waals surface area contributed by atoms with Crippen LogP contribution in [-0.4, -0.2) is 23.9 Å². The van der Waals surface area contributed by atoms with Crippen molar-refractivity contribution in [2.24, 2.45) is 0 Å². The van der Waals surface area contributed by atoms with Gasteiger partial charge in [0.05, 0.1) is 6.07 Å². The van der Waals surface area contributed by atoms with E-state index < -0.39 is 5.91 Å². The van der Waals surface area contributed by atoms with Crippen molar-refractivity contribution in [3.63, 3.8) is 0 Å². The number of amides is 1. The molecule has 52 valence electrons. The van der Waals surface area contributed by atoms with Gasteiger partial charge in [-0.15, -0.1) is 6.42 Å². The standard InChI is InChI=1S/C7H8N2O/c1-3-7(10)9(4-2)6-5-8/h1H,4,6H2,2H3. The molecule has 0 N–H and O–H groups in total. The van der Waals surface area contributed by atoms with Crippen molar-refractivity contribution in [2.75, 3.05) is 13.1 Å². The highest BCUT2D eigenvalue weighted by Gasteiger charge is 2.05. The maximum Gasteiger partial charge on any atom is 0.299 e. The molecule has 0 aliphatic rings. The van der Waals surface area contributed by atoms with Crippen LogP contribution in [0.4, 0.5) is 0 Å². The molecular weight excluding hydrogens is 128 g/mol. The predicted octanol–water partition coefficient (Wildman–Crippen LogP) is -0.00832. The van der Waals surface area contributed by atoms with Gasteiger partial charge in [-0.1, -0.05) is 0 Å². The quantitative estimate of drug-likeness (QED) is 0.396. The van der Waals surface area contributed by atoms with Gasteiger partial charge >= 0.3 is 0 Å². The second-order valence-corrected chi connectivity index (χ2v) is 1.62. The largest absolute Gasteiger partial charge is 0.319 e. The summed E-state index contributed by atoms with van der Waals surface area (Å²) in [6.45, 7) is 2.32. The zero-order valence-electron chi connectivity index (χ0n) is 5.79. The molecule has 0 aromatic rings. The lowest BCUT2D eigenvalue weighted by atomic mass is 10.4. The average molecular weight is 136 g/mol. The molecule has 0 aliphatic carbocycles. The zero-order valence-corrected chi connectivity index (χ0v) is 5.79. The maximum absolute atomic E-state index is 10.7. The predicted molar refractivity (Wildman–Crippen MR) is 36.7 cm³/mol. The molecule has 0 spiro atoms. The summed E-state index contributed by atoms with van der Waals surface area (Å²) in [7, 11) is 0. The average Bonchev–Trinajstić information content (AvgIpc) is 1.99. The third kappa shape index (κ3) is 2.19. The van der Waals surface area contributed by atoms with E-state index >= 15 is 0 Å². The molecule has 0 atom stereocenters. The molecular formula is C7H8N2O. The summed E-state index contributed by atoms with van der Waals surface area (Å²) >= 11 is 0. The van der Waals surface area contributed by atoms with E-state index in [0.717, 1.165) is 0 Å². The van der Waals surface area contributed by atoms with E-state index in [0.29, 0.717) is 6.54 Å². The molecule has 0 heterocycles. The second kappa shape index (κ2) is 4.40. The van der Waals surface area contributed by atoms with E-state index in [2.05, 4.69) is 0 Å². The van der Waals surface area contributed by atoms with Gasteiger partial charge in [0.1, 0.15) is 6.54 Å². The Morgan fingerprint density at radius 3 is 2.70 bits per heavy atom. The number of nitriles is 1. The number of carbonyl (C=O) groups excluding carboxylic acids is 1. The van der Waals surface area contributed by atoms with Gasteiger partial charge in [0.15, 0.2) is 0 Å². The highest BCUT2D eigenvalue weighted by atomic mass is 16.2. The number of rotatable bonds is 2. The van der Waals surface area contributed by atoms with Gasteiger partial charge < -0.3 is 4.90 Å². The molecule has 0 aromatic heterocycles. The molecule has 3 nitrogen and oxygen atoms in total. The summed E-state index contributed by atoms with van der Waals surface area (Å²) in [6, 6.07) is 1.84. The van der Waals surface area contributed by atoms with Crippen molar-refractivity contribution >= 4 is 5.91 Å². The lowest BCUT2D eigenvalue weighted by Crippen LogP contribution is -2.29. The molecule has 0 rings (SSSR count). The van der Waals surface area contributed by atoms with Crippen molar-refractivity contribution < 1.29 is 4.79 Å². The molecule has 0 saturated carbocycles. The molecule has 0 bridgehead atoms. The Morgan fingerprint density at radius 1 is 1.80 bits per heavy atom. The smallest absolute Gasteiger partial charge is 0.299 e. The fourth-order valence-corrected chi connectivity index (χ4v) is 0.504. The molecule has 0 aliphatic heterocycles. The van der Waals surface area contributed by atoms with Crippen molar-refractivity contribution in [3.05, 3.63) is 0 Å². The number of hydrogen-bond donors (Lipinski definition) is 0. The minimum atomic E-state index is -0.427. The van der Waals surface area contributed by atoms with E-state index in [1.54, 1.807) is 6.92 Å². The number of carbonyl (C=O) groups is 1. The highest BCUT2D eigenvalue weighted by Crippen LogP contribution is 1.85. The molecule has 0 unspecified atom stereocenters. The van der Waals surface area contributed by atoms with Gasteiger partial charge in [-0.2, -0.15) is 5.26 Å². The fourth-order valence-electron chi connectivity index (χ4n) is 0.504. The zero-order chi connectivity index (χ0) is 7.98. The summed E-state index contributed by atoms with van der Waals surface area (Å²) in [5.41, 5.74) is 0. The first-order valence-corrected chi connectivity index (χ1v) is 2.88. The Balaban J connectivity index is 3.99. The molecule has 0 saturated heterocycles. The van der Waals surface area contributed by atoms with E-state index in [1.807, 2.05) is 12.0 Å². The van der Waals surface area contributed by atoms with Crippen molar-refractivity contribution in [1.82, 2.24) is 4.90 Å².